The maximum atomic E-state index is 2.39. The van der Waals surface area contributed by atoms with Crippen LogP contribution in [0.1, 0.15) is 19.3 Å². The summed E-state index contributed by atoms with van der Waals surface area (Å²) in [4.78, 5) is 0. The Balaban J connectivity index is 1.42. The summed E-state index contributed by atoms with van der Waals surface area (Å²) < 4.78 is 0. The van der Waals surface area contributed by atoms with E-state index in [9.17, 15) is 0 Å². The molecule has 0 aromatic heterocycles. The number of hydrogen-bond acceptors (Lipinski definition) is 0. The standard InChI is InChI=1S/C31H30P2/c1-5-13-25(14-6-1)32(26-15-7-2-8-16-26)30-23-24-21-22-29(30)31(24)33(27-17-9-3-10-18-27)28-19-11-4-12-20-28/h1-20,24,29-31H,21-23H2. The van der Waals surface area contributed by atoms with Crippen LogP contribution >= 0.6 is 15.8 Å². The predicted molar refractivity (Wildman–Crippen MR) is 147 cm³/mol. The molecule has 2 fully saturated rings. The molecule has 0 radical (unpaired) electrons. The lowest BCUT2D eigenvalue weighted by atomic mass is 10.0. The zero-order valence-electron chi connectivity index (χ0n) is 18.9. The van der Waals surface area contributed by atoms with Gasteiger partial charge in [-0.2, -0.15) is 0 Å². The average molecular weight is 465 g/mol. The molecule has 164 valence electrons. The van der Waals surface area contributed by atoms with Crippen molar-refractivity contribution in [2.24, 2.45) is 11.8 Å². The van der Waals surface area contributed by atoms with E-state index < -0.39 is 0 Å². The van der Waals surface area contributed by atoms with E-state index in [2.05, 4.69) is 121 Å². The molecule has 2 aliphatic carbocycles. The third-order valence-corrected chi connectivity index (χ3v) is 13.7. The second-order valence-corrected chi connectivity index (χ2v) is 14.2. The zero-order valence-corrected chi connectivity index (χ0v) is 20.7. The maximum absolute atomic E-state index is 2.39. The quantitative estimate of drug-likeness (QED) is 0.289. The Bertz CT molecular complexity index is 1080. The van der Waals surface area contributed by atoms with Gasteiger partial charge in [-0.15, -0.1) is 0 Å². The molecule has 2 aliphatic rings. The fourth-order valence-electron chi connectivity index (χ4n) is 6.34. The van der Waals surface area contributed by atoms with Crippen molar-refractivity contribution in [2.45, 2.75) is 30.6 Å². The number of benzene rings is 4. The van der Waals surface area contributed by atoms with Gasteiger partial charge < -0.3 is 0 Å². The van der Waals surface area contributed by atoms with Crippen molar-refractivity contribution >= 4 is 37.1 Å². The Morgan fingerprint density at radius 3 is 1.27 bits per heavy atom. The molecule has 4 atom stereocenters. The van der Waals surface area contributed by atoms with Gasteiger partial charge in [-0.1, -0.05) is 121 Å². The van der Waals surface area contributed by atoms with E-state index in [1.165, 1.54) is 19.3 Å². The topological polar surface area (TPSA) is 0 Å². The van der Waals surface area contributed by atoms with Crippen LogP contribution in [0.3, 0.4) is 0 Å². The minimum atomic E-state index is -0.347. The molecule has 6 rings (SSSR count). The van der Waals surface area contributed by atoms with Gasteiger partial charge in [0.15, 0.2) is 0 Å². The summed E-state index contributed by atoms with van der Waals surface area (Å²) >= 11 is 0. The van der Waals surface area contributed by atoms with Crippen molar-refractivity contribution in [3.05, 3.63) is 121 Å². The summed E-state index contributed by atoms with van der Waals surface area (Å²) in [6.45, 7) is 0. The Morgan fingerprint density at radius 2 is 0.848 bits per heavy atom. The molecule has 4 aromatic rings. The van der Waals surface area contributed by atoms with E-state index in [1.807, 2.05) is 0 Å². The lowest BCUT2D eigenvalue weighted by Gasteiger charge is -2.34. The van der Waals surface area contributed by atoms with Gasteiger partial charge in [0.2, 0.25) is 0 Å². The van der Waals surface area contributed by atoms with Crippen molar-refractivity contribution in [2.75, 3.05) is 0 Å². The van der Waals surface area contributed by atoms with Crippen LogP contribution in [0.2, 0.25) is 0 Å². The molecule has 0 N–H and O–H groups in total. The molecule has 2 saturated carbocycles. The van der Waals surface area contributed by atoms with E-state index in [0.29, 0.717) is 0 Å². The third kappa shape index (κ3) is 4.10. The lowest BCUT2D eigenvalue weighted by molar-refractivity contribution is 0.489. The minimum absolute atomic E-state index is 0.346. The fraction of sp³-hybridized carbons (Fsp3) is 0.226. The van der Waals surface area contributed by atoms with E-state index in [-0.39, 0.29) is 15.8 Å². The normalized spacial score (nSPS) is 23.9. The van der Waals surface area contributed by atoms with Crippen LogP contribution in [-0.4, -0.2) is 11.3 Å². The lowest BCUT2D eigenvalue weighted by Crippen LogP contribution is -2.30. The van der Waals surface area contributed by atoms with Crippen LogP contribution in [0.5, 0.6) is 0 Å². The van der Waals surface area contributed by atoms with Crippen LogP contribution in [-0.2, 0) is 0 Å². The Morgan fingerprint density at radius 1 is 0.455 bits per heavy atom. The molecule has 2 bridgehead atoms. The molecule has 4 aromatic carbocycles. The molecular weight excluding hydrogens is 434 g/mol. The smallest absolute Gasteiger partial charge is 0.00657 e. The highest BCUT2D eigenvalue weighted by molar-refractivity contribution is 7.75. The second kappa shape index (κ2) is 9.54. The van der Waals surface area contributed by atoms with Crippen LogP contribution in [0, 0.1) is 11.8 Å². The third-order valence-electron chi connectivity index (χ3n) is 7.60. The average Bonchev–Trinajstić information content (AvgIpc) is 3.45. The molecule has 0 aliphatic heterocycles. The highest BCUT2D eigenvalue weighted by Gasteiger charge is 2.53. The summed E-state index contributed by atoms with van der Waals surface area (Å²) in [5.74, 6) is 1.66. The summed E-state index contributed by atoms with van der Waals surface area (Å²) in [5, 5.41) is 6.23. The van der Waals surface area contributed by atoms with Gasteiger partial charge in [-0.05, 0) is 79.5 Å². The molecule has 0 nitrogen and oxygen atoms in total. The first-order chi connectivity index (χ1) is 16.4. The highest BCUT2D eigenvalue weighted by atomic mass is 31.1. The molecule has 0 saturated heterocycles. The summed E-state index contributed by atoms with van der Waals surface area (Å²) in [6.07, 6.45) is 4.21. The van der Waals surface area contributed by atoms with E-state index in [0.717, 1.165) is 23.2 Å². The van der Waals surface area contributed by atoms with Crippen LogP contribution in [0.25, 0.3) is 0 Å². The Kier molecular flexibility index (Phi) is 6.15. The molecule has 0 amide bonds. The van der Waals surface area contributed by atoms with E-state index >= 15 is 0 Å². The monoisotopic (exact) mass is 464 g/mol. The summed E-state index contributed by atoms with van der Waals surface area (Å²) in [7, 11) is -0.693. The van der Waals surface area contributed by atoms with Gasteiger partial charge >= 0.3 is 0 Å². The first-order valence-electron chi connectivity index (χ1n) is 12.2. The van der Waals surface area contributed by atoms with Gasteiger partial charge in [0, 0.05) is 0 Å². The maximum Gasteiger partial charge on any atom is -0.00657 e. The van der Waals surface area contributed by atoms with E-state index in [1.54, 1.807) is 21.2 Å². The van der Waals surface area contributed by atoms with Crippen molar-refractivity contribution < 1.29 is 0 Å². The Labute approximate surface area is 200 Å². The largest absolute Gasteiger partial charge is 0.0622 e. The van der Waals surface area contributed by atoms with Gasteiger partial charge in [0.1, 0.15) is 0 Å². The van der Waals surface area contributed by atoms with Crippen molar-refractivity contribution in [1.82, 2.24) is 0 Å². The second-order valence-electron chi connectivity index (χ2n) is 9.38. The van der Waals surface area contributed by atoms with Gasteiger partial charge in [0.05, 0.1) is 0 Å². The molecule has 4 unspecified atom stereocenters. The van der Waals surface area contributed by atoms with Crippen LogP contribution in [0.4, 0.5) is 0 Å². The van der Waals surface area contributed by atoms with Crippen LogP contribution in [0.15, 0.2) is 121 Å². The zero-order chi connectivity index (χ0) is 22.0. The van der Waals surface area contributed by atoms with E-state index in [4.69, 9.17) is 0 Å². The fourth-order valence-corrected chi connectivity index (χ4v) is 13.1. The van der Waals surface area contributed by atoms with Crippen molar-refractivity contribution in [3.63, 3.8) is 0 Å². The highest BCUT2D eigenvalue weighted by Crippen LogP contribution is 2.65. The number of rotatable bonds is 6. The minimum Gasteiger partial charge on any atom is -0.0622 e. The molecular formula is C31H30P2. The summed E-state index contributed by atoms with van der Waals surface area (Å²) in [6, 6.07) is 45.7. The molecule has 33 heavy (non-hydrogen) atoms. The first kappa shape index (κ1) is 21.3. The SMILES string of the molecule is c1ccc(P(c2ccccc2)C2CC3CCC2C3P(c2ccccc2)c2ccccc2)cc1. The van der Waals surface area contributed by atoms with Gasteiger partial charge in [0.25, 0.3) is 0 Å². The first-order valence-corrected chi connectivity index (χ1v) is 15.0. The van der Waals surface area contributed by atoms with Crippen molar-refractivity contribution in [3.8, 4) is 0 Å². The molecule has 2 heteroatoms. The summed E-state index contributed by atoms with van der Waals surface area (Å²) in [5.41, 5.74) is 1.58. The number of hydrogen-bond donors (Lipinski definition) is 0. The van der Waals surface area contributed by atoms with Crippen LogP contribution < -0.4 is 21.2 Å². The Hall–Kier alpha value is -2.26. The predicted octanol–water partition coefficient (Wildman–Crippen LogP) is 6.42. The van der Waals surface area contributed by atoms with Gasteiger partial charge in [-0.3, -0.25) is 0 Å². The van der Waals surface area contributed by atoms with Gasteiger partial charge in [-0.25, -0.2) is 0 Å². The molecule has 0 heterocycles. The van der Waals surface area contributed by atoms with Crippen molar-refractivity contribution in [1.29, 1.82) is 0 Å². The molecule has 0 spiro atoms. The number of fused-ring (bicyclic) bond motifs is 2.